The number of aromatic amines is 1. The molecule has 0 atom stereocenters. The Morgan fingerprint density at radius 1 is 1.37 bits per heavy atom. The van der Waals surface area contributed by atoms with E-state index in [4.69, 9.17) is 4.74 Å². The van der Waals surface area contributed by atoms with Crippen molar-refractivity contribution in [1.29, 1.82) is 0 Å². The number of ether oxygens (including phenoxy) is 1. The lowest BCUT2D eigenvalue weighted by Crippen LogP contribution is -2.35. The summed E-state index contributed by atoms with van der Waals surface area (Å²) < 4.78 is 5.32. The number of hydrogen-bond donors (Lipinski definition) is 2. The molecular weight excluding hydrogens is 244 g/mol. The summed E-state index contributed by atoms with van der Waals surface area (Å²) in [6, 6.07) is 5.33. The highest BCUT2D eigenvalue weighted by atomic mass is 16.5. The average Bonchev–Trinajstić information content (AvgIpc) is 2.83. The Balaban J connectivity index is 1.96. The molecule has 5 heteroatoms. The van der Waals surface area contributed by atoms with Crippen molar-refractivity contribution in [3.8, 4) is 0 Å². The molecule has 1 aliphatic rings. The van der Waals surface area contributed by atoms with E-state index in [0.717, 1.165) is 49.3 Å². The second kappa shape index (κ2) is 5.03. The van der Waals surface area contributed by atoms with Crippen molar-refractivity contribution in [2.75, 3.05) is 26.3 Å². The van der Waals surface area contributed by atoms with Crippen LogP contribution in [0.4, 0.5) is 0 Å². The predicted octanol–water partition coefficient (Wildman–Crippen LogP) is 1.70. The molecule has 1 saturated heterocycles. The van der Waals surface area contributed by atoms with Gasteiger partial charge in [0.15, 0.2) is 0 Å². The van der Waals surface area contributed by atoms with E-state index < -0.39 is 5.97 Å². The first-order valence-corrected chi connectivity index (χ1v) is 6.38. The summed E-state index contributed by atoms with van der Waals surface area (Å²) in [6.45, 7) is 4.03. The Bertz CT molecular complexity index is 600. The van der Waals surface area contributed by atoms with E-state index in [-0.39, 0.29) is 0 Å². The highest BCUT2D eigenvalue weighted by molar-refractivity contribution is 6.04. The van der Waals surface area contributed by atoms with E-state index >= 15 is 0 Å². The molecule has 1 aliphatic heterocycles. The van der Waals surface area contributed by atoms with Crippen molar-refractivity contribution < 1.29 is 14.6 Å². The van der Waals surface area contributed by atoms with Crippen LogP contribution < -0.4 is 0 Å². The molecule has 2 N–H and O–H groups in total. The summed E-state index contributed by atoms with van der Waals surface area (Å²) in [5.41, 5.74) is 2.28. The Labute approximate surface area is 110 Å². The summed E-state index contributed by atoms with van der Waals surface area (Å²) in [5.74, 6) is -0.881. The SMILES string of the molecule is O=C(O)c1cccc2[nH]cc(CN3CCOCC3)c12. The molecule has 0 bridgehead atoms. The van der Waals surface area contributed by atoms with E-state index in [1.807, 2.05) is 12.3 Å². The molecule has 0 aliphatic carbocycles. The summed E-state index contributed by atoms with van der Waals surface area (Å²) >= 11 is 0. The quantitative estimate of drug-likeness (QED) is 0.881. The normalized spacial score (nSPS) is 16.8. The minimum atomic E-state index is -0.881. The molecule has 0 saturated carbocycles. The predicted molar refractivity (Wildman–Crippen MR) is 71.4 cm³/mol. The fraction of sp³-hybridized carbons (Fsp3) is 0.357. The van der Waals surface area contributed by atoms with Gasteiger partial charge in [0.25, 0.3) is 0 Å². The van der Waals surface area contributed by atoms with Crippen LogP contribution in [0.25, 0.3) is 10.9 Å². The number of nitrogens with one attached hydrogen (secondary N) is 1. The fourth-order valence-electron chi connectivity index (χ4n) is 2.56. The van der Waals surface area contributed by atoms with Crippen LogP contribution in [0.5, 0.6) is 0 Å². The first-order chi connectivity index (χ1) is 9.25. The number of carbonyl (C=O) groups is 1. The summed E-state index contributed by atoms with van der Waals surface area (Å²) in [5, 5.41) is 10.1. The van der Waals surface area contributed by atoms with E-state index in [1.54, 1.807) is 12.1 Å². The number of nitrogens with zero attached hydrogens (tertiary/aromatic N) is 1. The smallest absolute Gasteiger partial charge is 0.336 e. The molecule has 0 radical (unpaired) electrons. The van der Waals surface area contributed by atoms with Crippen molar-refractivity contribution >= 4 is 16.9 Å². The minimum absolute atomic E-state index is 0.363. The monoisotopic (exact) mass is 260 g/mol. The van der Waals surface area contributed by atoms with Gasteiger partial charge in [-0.3, -0.25) is 4.90 Å². The van der Waals surface area contributed by atoms with Crippen molar-refractivity contribution in [1.82, 2.24) is 9.88 Å². The second-order valence-electron chi connectivity index (χ2n) is 4.74. The van der Waals surface area contributed by atoms with Crippen molar-refractivity contribution in [3.63, 3.8) is 0 Å². The number of rotatable bonds is 3. The fourth-order valence-corrected chi connectivity index (χ4v) is 2.56. The van der Waals surface area contributed by atoms with E-state index in [2.05, 4.69) is 9.88 Å². The Morgan fingerprint density at radius 2 is 2.16 bits per heavy atom. The Kier molecular flexibility index (Phi) is 3.23. The number of fused-ring (bicyclic) bond motifs is 1. The number of hydrogen-bond acceptors (Lipinski definition) is 3. The molecule has 0 unspecified atom stereocenters. The molecule has 0 spiro atoms. The summed E-state index contributed by atoms with van der Waals surface area (Å²) in [4.78, 5) is 16.7. The van der Waals surface area contributed by atoms with Gasteiger partial charge in [0, 0.05) is 36.7 Å². The van der Waals surface area contributed by atoms with Gasteiger partial charge in [-0.25, -0.2) is 4.79 Å². The first-order valence-electron chi connectivity index (χ1n) is 6.38. The van der Waals surface area contributed by atoms with Gasteiger partial charge >= 0.3 is 5.97 Å². The van der Waals surface area contributed by atoms with Gasteiger partial charge in [0.2, 0.25) is 0 Å². The van der Waals surface area contributed by atoms with Crippen LogP contribution in [0.2, 0.25) is 0 Å². The average molecular weight is 260 g/mol. The Hall–Kier alpha value is -1.85. The van der Waals surface area contributed by atoms with Crippen LogP contribution in [0, 0.1) is 0 Å². The van der Waals surface area contributed by atoms with E-state index in [1.165, 1.54) is 0 Å². The van der Waals surface area contributed by atoms with Gasteiger partial charge in [-0.2, -0.15) is 0 Å². The molecule has 2 heterocycles. The van der Waals surface area contributed by atoms with Crippen LogP contribution in [0.1, 0.15) is 15.9 Å². The molecule has 2 aromatic rings. The molecule has 5 nitrogen and oxygen atoms in total. The topological polar surface area (TPSA) is 65.6 Å². The maximum atomic E-state index is 11.3. The summed E-state index contributed by atoms with van der Waals surface area (Å²) in [6.07, 6.45) is 1.91. The third-order valence-electron chi connectivity index (χ3n) is 3.52. The zero-order valence-corrected chi connectivity index (χ0v) is 10.6. The van der Waals surface area contributed by atoms with Crippen molar-refractivity contribution in [2.24, 2.45) is 0 Å². The molecule has 19 heavy (non-hydrogen) atoms. The van der Waals surface area contributed by atoms with Gasteiger partial charge in [-0.05, 0) is 17.7 Å². The maximum Gasteiger partial charge on any atom is 0.336 e. The number of carboxylic acids is 1. The largest absolute Gasteiger partial charge is 0.478 e. The van der Waals surface area contributed by atoms with Crippen LogP contribution in [0.15, 0.2) is 24.4 Å². The number of aromatic nitrogens is 1. The molecule has 1 aromatic carbocycles. The highest BCUT2D eigenvalue weighted by Gasteiger charge is 2.17. The van der Waals surface area contributed by atoms with Gasteiger partial charge in [-0.1, -0.05) is 6.07 Å². The molecule has 0 amide bonds. The van der Waals surface area contributed by atoms with Crippen LogP contribution in [-0.2, 0) is 11.3 Å². The minimum Gasteiger partial charge on any atom is -0.478 e. The van der Waals surface area contributed by atoms with E-state index in [0.29, 0.717) is 5.56 Å². The lowest BCUT2D eigenvalue weighted by atomic mass is 10.1. The van der Waals surface area contributed by atoms with Gasteiger partial charge < -0.3 is 14.8 Å². The van der Waals surface area contributed by atoms with E-state index in [9.17, 15) is 9.90 Å². The van der Waals surface area contributed by atoms with Crippen LogP contribution in [-0.4, -0.2) is 47.3 Å². The number of morpholine rings is 1. The van der Waals surface area contributed by atoms with Crippen molar-refractivity contribution in [3.05, 3.63) is 35.5 Å². The molecule has 1 fully saturated rings. The lowest BCUT2D eigenvalue weighted by molar-refractivity contribution is 0.0343. The van der Waals surface area contributed by atoms with Gasteiger partial charge in [0.05, 0.1) is 18.8 Å². The number of benzene rings is 1. The van der Waals surface area contributed by atoms with Crippen molar-refractivity contribution in [2.45, 2.75) is 6.54 Å². The van der Waals surface area contributed by atoms with Crippen LogP contribution >= 0.6 is 0 Å². The molecular formula is C14H16N2O3. The second-order valence-corrected chi connectivity index (χ2v) is 4.74. The molecule has 100 valence electrons. The molecule has 3 rings (SSSR count). The number of aromatic carboxylic acids is 1. The Morgan fingerprint density at radius 3 is 2.89 bits per heavy atom. The zero-order valence-electron chi connectivity index (χ0n) is 10.6. The standard InChI is InChI=1S/C14H16N2O3/c17-14(18)11-2-1-3-12-13(11)10(8-15-12)9-16-4-6-19-7-5-16/h1-3,8,15H,4-7,9H2,(H,17,18). The number of H-pyrrole nitrogens is 1. The third-order valence-corrected chi connectivity index (χ3v) is 3.52. The zero-order chi connectivity index (χ0) is 13.2. The van der Waals surface area contributed by atoms with Gasteiger partial charge in [-0.15, -0.1) is 0 Å². The highest BCUT2D eigenvalue weighted by Crippen LogP contribution is 2.24. The first kappa shape index (κ1) is 12.2. The lowest BCUT2D eigenvalue weighted by Gasteiger charge is -2.26. The van der Waals surface area contributed by atoms with Crippen LogP contribution in [0.3, 0.4) is 0 Å². The third kappa shape index (κ3) is 2.34. The maximum absolute atomic E-state index is 11.3. The van der Waals surface area contributed by atoms with Gasteiger partial charge in [0.1, 0.15) is 0 Å². The molecule has 1 aromatic heterocycles. The summed E-state index contributed by atoms with van der Waals surface area (Å²) in [7, 11) is 0. The number of carboxylic acid groups (broad SMARTS) is 1.